The SMILES string of the molecule is COc1ccc(CC(=O)c2ccc(Br)cc2F)cc1F. The molecule has 0 unspecified atom stereocenters. The van der Waals surface area contributed by atoms with Crippen LogP contribution < -0.4 is 4.74 Å². The van der Waals surface area contributed by atoms with Crippen molar-refractivity contribution in [2.75, 3.05) is 7.11 Å². The van der Waals surface area contributed by atoms with Crippen molar-refractivity contribution in [3.8, 4) is 5.75 Å². The molecule has 2 rings (SSSR count). The summed E-state index contributed by atoms with van der Waals surface area (Å²) in [6.07, 6.45) is -0.0700. The number of hydrogen-bond acceptors (Lipinski definition) is 2. The van der Waals surface area contributed by atoms with Gasteiger partial charge in [-0.25, -0.2) is 8.78 Å². The molecule has 0 bridgehead atoms. The smallest absolute Gasteiger partial charge is 0.170 e. The Labute approximate surface area is 123 Å². The number of ether oxygens (including phenoxy) is 1. The quantitative estimate of drug-likeness (QED) is 0.781. The Morgan fingerprint density at radius 1 is 1.15 bits per heavy atom. The van der Waals surface area contributed by atoms with E-state index in [9.17, 15) is 13.6 Å². The average Bonchev–Trinajstić information content (AvgIpc) is 2.38. The molecule has 0 aliphatic carbocycles. The van der Waals surface area contributed by atoms with Crippen molar-refractivity contribution in [3.63, 3.8) is 0 Å². The summed E-state index contributed by atoms with van der Waals surface area (Å²) in [5.74, 6) is -1.44. The van der Waals surface area contributed by atoms with Gasteiger partial charge >= 0.3 is 0 Å². The molecule has 2 aromatic rings. The van der Waals surface area contributed by atoms with E-state index >= 15 is 0 Å². The molecule has 20 heavy (non-hydrogen) atoms. The molecule has 0 saturated heterocycles. The highest BCUT2D eigenvalue weighted by atomic mass is 79.9. The Hall–Kier alpha value is -1.75. The van der Waals surface area contributed by atoms with E-state index in [1.807, 2.05) is 0 Å². The van der Waals surface area contributed by atoms with E-state index in [-0.39, 0.29) is 17.7 Å². The minimum absolute atomic E-state index is 0.00979. The molecule has 0 amide bonds. The van der Waals surface area contributed by atoms with Gasteiger partial charge in [-0.05, 0) is 35.9 Å². The number of benzene rings is 2. The molecule has 0 radical (unpaired) electrons. The first-order valence-electron chi connectivity index (χ1n) is 5.82. The maximum atomic E-state index is 13.7. The predicted octanol–water partition coefficient (Wildman–Crippen LogP) is 4.16. The lowest BCUT2D eigenvalue weighted by molar-refractivity contribution is 0.0989. The van der Waals surface area contributed by atoms with Gasteiger partial charge in [-0.15, -0.1) is 0 Å². The highest BCUT2D eigenvalue weighted by Gasteiger charge is 2.14. The van der Waals surface area contributed by atoms with Crippen molar-refractivity contribution in [1.82, 2.24) is 0 Å². The summed E-state index contributed by atoms with van der Waals surface area (Å²) in [6.45, 7) is 0. The second-order valence-electron chi connectivity index (χ2n) is 4.19. The number of ketones is 1. The van der Waals surface area contributed by atoms with Gasteiger partial charge in [0.1, 0.15) is 5.82 Å². The van der Waals surface area contributed by atoms with E-state index in [1.165, 1.54) is 31.4 Å². The Morgan fingerprint density at radius 3 is 2.50 bits per heavy atom. The maximum absolute atomic E-state index is 13.7. The fourth-order valence-electron chi connectivity index (χ4n) is 1.82. The number of Topliss-reactive ketones (excluding diaryl/α,β-unsaturated/α-hetero) is 1. The van der Waals surface area contributed by atoms with Gasteiger partial charge in [0.15, 0.2) is 17.3 Å². The van der Waals surface area contributed by atoms with Crippen LogP contribution in [0.1, 0.15) is 15.9 Å². The molecular weight excluding hydrogens is 330 g/mol. The van der Waals surface area contributed by atoms with Gasteiger partial charge in [0.2, 0.25) is 0 Å². The number of rotatable bonds is 4. The van der Waals surface area contributed by atoms with E-state index in [1.54, 1.807) is 12.1 Å². The zero-order valence-corrected chi connectivity index (χ0v) is 12.2. The van der Waals surface area contributed by atoms with Gasteiger partial charge in [0.25, 0.3) is 0 Å². The molecule has 2 nitrogen and oxygen atoms in total. The van der Waals surface area contributed by atoms with E-state index < -0.39 is 17.4 Å². The summed E-state index contributed by atoms with van der Waals surface area (Å²) < 4.78 is 32.5. The molecule has 0 atom stereocenters. The normalized spacial score (nSPS) is 10.4. The number of methoxy groups -OCH3 is 1. The Morgan fingerprint density at radius 2 is 1.90 bits per heavy atom. The maximum Gasteiger partial charge on any atom is 0.170 e. The van der Waals surface area contributed by atoms with Crippen LogP contribution in [0.5, 0.6) is 5.75 Å². The van der Waals surface area contributed by atoms with Crippen molar-refractivity contribution in [3.05, 3.63) is 63.6 Å². The highest BCUT2D eigenvalue weighted by molar-refractivity contribution is 9.10. The van der Waals surface area contributed by atoms with Crippen molar-refractivity contribution in [2.24, 2.45) is 0 Å². The lowest BCUT2D eigenvalue weighted by atomic mass is 10.0. The average molecular weight is 341 g/mol. The van der Waals surface area contributed by atoms with Crippen LogP contribution in [0.4, 0.5) is 8.78 Å². The second-order valence-corrected chi connectivity index (χ2v) is 5.11. The third-order valence-corrected chi connectivity index (χ3v) is 3.31. The molecule has 0 aliphatic rings. The molecule has 0 aromatic heterocycles. The van der Waals surface area contributed by atoms with Crippen molar-refractivity contribution >= 4 is 21.7 Å². The van der Waals surface area contributed by atoms with Crippen molar-refractivity contribution in [2.45, 2.75) is 6.42 Å². The third kappa shape index (κ3) is 3.22. The van der Waals surface area contributed by atoms with Crippen LogP contribution >= 0.6 is 15.9 Å². The minimum Gasteiger partial charge on any atom is -0.494 e. The number of carbonyl (C=O) groups is 1. The standard InChI is InChI=1S/C15H11BrF2O2/c1-20-15-5-2-9(6-13(15)18)7-14(19)11-4-3-10(16)8-12(11)17/h2-6,8H,7H2,1H3. The van der Waals surface area contributed by atoms with Crippen LogP contribution in [0.25, 0.3) is 0 Å². The van der Waals surface area contributed by atoms with Gasteiger partial charge < -0.3 is 4.74 Å². The van der Waals surface area contributed by atoms with E-state index in [0.717, 1.165) is 0 Å². The number of carbonyl (C=O) groups excluding carboxylic acids is 1. The molecule has 104 valence electrons. The van der Waals surface area contributed by atoms with Crippen molar-refractivity contribution < 1.29 is 18.3 Å². The first-order chi connectivity index (χ1) is 9.51. The summed E-state index contributed by atoms with van der Waals surface area (Å²) in [6, 6.07) is 8.45. The molecule has 0 aliphatic heterocycles. The van der Waals surface area contributed by atoms with Crippen LogP contribution in [-0.2, 0) is 6.42 Å². The molecule has 0 saturated carbocycles. The van der Waals surface area contributed by atoms with Gasteiger partial charge in [-0.2, -0.15) is 0 Å². The molecule has 0 heterocycles. The van der Waals surface area contributed by atoms with Crippen LogP contribution in [0.3, 0.4) is 0 Å². The summed E-state index contributed by atoms with van der Waals surface area (Å²) in [7, 11) is 1.36. The number of halogens is 3. The zero-order valence-electron chi connectivity index (χ0n) is 10.6. The molecule has 2 aromatic carbocycles. The van der Waals surface area contributed by atoms with Gasteiger partial charge in [-0.1, -0.05) is 22.0 Å². The lowest BCUT2D eigenvalue weighted by Crippen LogP contribution is -2.06. The van der Waals surface area contributed by atoms with E-state index in [2.05, 4.69) is 15.9 Å². The molecule has 0 N–H and O–H groups in total. The topological polar surface area (TPSA) is 26.3 Å². The summed E-state index contributed by atoms with van der Waals surface area (Å²) in [5, 5.41) is 0. The fraction of sp³-hybridized carbons (Fsp3) is 0.133. The number of hydrogen-bond donors (Lipinski definition) is 0. The Balaban J connectivity index is 2.21. The largest absolute Gasteiger partial charge is 0.494 e. The summed E-state index contributed by atoms with van der Waals surface area (Å²) in [4.78, 5) is 12.0. The molecule has 0 fully saturated rings. The highest BCUT2D eigenvalue weighted by Crippen LogP contribution is 2.20. The lowest BCUT2D eigenvalue weighted by Gasteiger charge is -2.06. The van der Waals surface area contributed by atoms with Gasteiger partial charge in [0.05, 0.1) is 12.7 Å². The Kier molecular flexibility index (Phi) is 4.49. The fourth-order valence-corrected chi connectivity index (χ4v) is 2.15. The second kappa shape index (κ2) is 6.13. The van der Waals surface area contributed by atoms with E-state index in [4.69, 9.17) is 4.74 Å². The van der Waals surface area contributed by atoms with Crippen molar-refractivity contribution in [1.29, 1.82) is 0 Å². The summed E-state index contributed by atoms with van der Waals surface area (Å²) >= 11 is 3.12. The zero-order chi connectivity index (χ0) is 14.7. The first-order valence-corrected chi connectivity index (χ1v) is 6.61. The van der Waals surface area contributed by atoms with Gasteiger partial charge in [-0.3, -0.25) is 4.79 Å². The van der Waals surface area contributed by atoms with E-state index in [0.29, 0.717) is 10.0 Å². The first kappa shape index (κ1) is 14.7. The summed E-state index contributed by atoms with van der Waals surface area (Å²) in [5.41, 5.74) is 0.458. The monoisotopic (exact) mass is 340 g/mol. The van der Waals surface area contributed by atoms with Crippen LogP contribution in [0.2, 0.25) is 0 Å². The Bertz CT molecular complexity index is 656. The third-order valence-electron chi connectivity index (χ3n) is 2.81. The molecule has 0 spiro atoms. The minimum atomic E-state index is -0.599. The van der Waals surface area contributed by atoms with Gasteiger partial charge in [0, 0.05) is 10.9 Å². The van der Waals surface area contributed by atoms with Crippen LogP contribution in [-0.4, -0.2) is 12.9 Å². The van der Waals surface area contributed by atoms with Crippen LogP contribution in [0, 0.1) is 11.6 Å². The molecule has 5 heteroatoms. The van der Waals surface area contributed by atoms with Crippen LogP contribution in [0.15, 0.2) is 40.9 Å². The predicted molar refractivity (Wildman–Crippen MR) is 75.1 cm³/mol. The molecular formula is C15H11BrF2O2.